The van der Waals surface area contributed by atoms with E-state index in [1.807, 2.05) is 0 Å². The lowest BCUT2D eigenvalue weighted by molar-refractivity contribution is -0.138. The lowest BCUT2D eigenvalue weighted by atomic mass is 10.2. The third-order valence-corrected chi connectivity index (χ3v) is 3.63. The Morgan fingerprint density at radius 1 is 1.05 bits per heavy atom. The summed E-state index contributed by atoms with van der Waals surface area (Å²) in [4.78, 5) is 10.5. The first kappa shape index (κ1) is 20.7. The molecule has 1 unspecified atom stereocenters. The van der Waals surface area contributed by atoms with Crippen LogP contribution in [-0.4, -0.2) is 68.3 Å². The van der Waals surface area contributed by atoms with Gasteiger partial charge in [0.05, 0.1) is 33.0 Å². The fourth-order valence-electron chi connectivity index (χ4n) is 1.34. The van der Waals surface area contributed by atoms with Crippen LogP contribution < -0.4 is 5.73 Å². The van der Waals surface area contributed by atoms with Gasteiger partial charge in [0.2, 0.25) is 0 Å². The van der Waals surface area contributed by atoms with Gasteiger partial charge in [-0.15, -0.1) is 0 Å². The number of carbonyl (C=O) groups is 1. The number of rotatable bonds is 16. The zero-order valence-electron chi connectivity index (χ0n) is 12.9. The molecular weight excluding hydrogens is 294 g/mol. The molecule has 1 atom stereocenters. The van der Waals surface area contributed by atoms with Crippen molar-refractivity contribution in [2.75, 3.05) is 51.1 Å². The Morgan fingerprint density at radius 2 is 1.62 bits per heavy atom. The molecule has 0 spiro atoms. The fourth-order valence-corrected chi connectivity index (χ4v) is 2.20. The minimum atomic E-state index is -0.942. The predicted molar refractivity (Wildman–Crippen MR) is 84.9 cm³/mol. The Labute approximate surface area is 131 Å². The number of carboxylic acids is 1. The summed E-state index contributed by atoms with van der Waals surface area (Å²) in [5, 5.41) is 8.60. The number of aliphatic carboxylic acids is 1. The summed E-state index contributed by atoms with van der Waals surface area (Å²) in [6, 6.07) is -0.758. The van der Waals surface area contributed by atoms with E-state index in [0.717, 1.165) is 31.0 Å². The van der Waals surface area contributed by atoms with E-state index in [2.05, 4.69) is 6.92 Å². The van der Waals surface area contributed by atoms with Gasteiger partial charge in [0.1, 0.15) is 6.04 Å². The van der Waals surface area contributed by atoms with Gasteiger partial charge in [-0.1, -0.05) is 13.3 Å². The molecule has 21 heavy (non-hydrogen) atoms. The van der Waals surface area contributed by atoms with Crippen molar-refractivity contribution in [1.82, 2.24) is 0 Å². The van der Waals surface area contributed by atoms with E-state index in [0.29, 0.717) is 39.5 Å². The number of carboxylic acid groups (broad SMARTS) is 1. The third kappa shape index (κ3) is 15.9. The maximum Gasteiger partial charge on any atom is 0.320 e. The zero-order chi connectivity index (χ0) is 15.8. The van der Waals surface area contributed by atoms with Crippen LogP contribution in [0.1, 0.15) is 26.2 Å². The van der Waals surface area contributed by atoms with Crippen LogP contribution in [0.2, 0.25) is 0 Å². The summed E-state index contributed by atoms with van der Waals surface area (Å²) in [7, 11) is 0. The smallest absolute Gasteiger partial charge is 0.320 e. The minimum absolute atomic E-state index is 0.487. The van der Waals surface area contributed by atoms with Crippen LogP contribution in [0.5, 0.6) is 0 Å². The van der Waals surface area contributed by atoms with Crippen LogP contribution >= 0.6 is 11.8 Å². The van der Waals surface area contributed by atoms with Gasteiger partial charge >= 0.3 is 5.97 Å². The summed E-state index contributed by atoms with van der Waals surface area (Å²) < 4.78 is 16.1. The largest absolute Gasteiger partial charge is 0.480 e. The van der Waals surface area contributed by atoms with E-state index in [4.69, 9.17) is 25.1 Å². The van der Waals surface area contributed by atoms with Crippen molar-refractivity contribution in [2.24, 2.45) is 5.73 Å². The summed E-state index contributed by atoms with van der Waals surface area (Å²) in [6.07, 6.45) is 2.73. The van der Waals surface area contributed by atoms with Gasteiger partial charge < -0.3 is 25.1 Å². The summed E-state index contributed by atoms with van der Waals surface area (Å²) in [5.41, 5.74) is 5.39. The van der Waals surface area contributed by atoms with Crippen LogP contribution in [0.15, 0.2) is 0 Å². The molecule has 0 amide bonds. The second-order valence-electron chi connectivity index (χ2n) is 4.54. The molecule has 7 heteroatoms. The van der Waals surface area contributed by atoms with Gasteiger partial charge in [0, 0.05) is 12.4 Å². The first-order chi connectivity index (χ1) is 10.2. The minimum Gasteiger partial charge on any atom is -0.480 e. The Morgan fingerprint density at radius 3 is 2.19 bits per heavy atom. The molecule has 0 aliphatic heterocycles. The first-order valence-electron chi connectivity index (χ1n) is 7.47. The lowest BCUT2D eigenvalue weighted by Crippen LogP contribution is -2.30. The number of hydrogen-bond donors (Lipinski definition) is 2. The molecule has 0 saturated carbocycles. The monoisotopic (exact) mass is 323 g/mol. The zero-order valence-corrected chi connectivity index (χ0v) is 13.7. The van der Waals surface area contributed by atoms with Crippen molar-refractivity contribution < 1.29 is 24.1 Å². The maximum atomic E-state index is 10.5. The van der Waals surface area contributed by atoms with Crippen molar-refractivity contribution in [3.63, 3.8) is 0 Å². The predicted octanol–water partition coefficient (Wildman–Crippen LogP) is 1.37. The number of ether oxygens (including phenoxy) is 3. The van der Waals surface area contributed by atoms with Crippen LogP contribution in [0, 0.1) is 0 Å². The van der Waals surface area contributed by atoms with Crippen LogP contribution in [0.3, 0.4) is 0 Å². The van der Waals surface area contributed by atoms with E-state index in [1.165, 1.54) is 0 Å². The average Bonchev–Trinajstić information content (AvgIpc) is 2.47. The van der Waals surface area contributed by atoms with E-state index in [9.17, 15) is 4.79 Å². The molecule has 0 heterocycles. The molecule has 3 N–H and O–H groups in total. The number of unbranched alkanes of at least 4 members (excludes halogenated alkanes) is 1. The molecule has 0 aliphatic rings. The number of hydrogen-bond acceptors (Lipinski definition) is 6. The Hall–Kier alpha value is -0.340. The van der Waals surface area contributed by atoms with Crippen LogP contribution in [0.4, 0.5) is 0 Å². The van der Waals surface area contributed by atoms with Gasteiger partial charge in [0.15, 0.2) is 0 Å². The van der Waals surface area contributed by atoms with Gasteiger partial charge in [-0.05, 0) is 18.6 Å². The highest BCUT2D eigenvalue weighted by atomic mass is 32.2. The van der Waals surface area contributed by atoms with Crippen molar-refractivity contribution in [2.45, 2.75) is 32.2 Å². The summed E-state index contributed by atoms with van der Waals surface area (Å²) in [6.45, 7) is 5.98. The molecule has 0 aromatic rings. The highest BCUT2D eigenvalue weighted by Crippen LogP contribution is 2.04. The van der Waals surface area contributed by atoms with Gasteiger partial charge in [-0.3, -0.25) is 4.79 Å². The van der Waals surface area contributed by atoms with E-state index in [-0.39, 0.29) is 0 Å². The molecule has 0 fully saturated rings. The second-order valence-corrected chi connectivity index (χ2v) is 5.76. The van der Waals surface area contributed by atoms with Crippen LogP contribution in [-0.2, 0) is 19.0 Å². The molecule has 0 bridgehead atoms. The highest BCUT2D eigenvalue weighted by Gasteiger charge is 2.09. The quantitative estimate of drug-likeness (QED) is 0.415. The van der Waals surface area contributed by atoms with E-state index in [1.54, 1.807) is 11.8 Å². The molecule has 0 aliphatic carbocycles. The molecule has 6 nitrogen and oxygen atoms in total. The highest BCUT2D eigenvalue weighted by molar-refractivity contribution is 7.99. The molecule has 0 saturated heterocycles. The van der Waals surface area contributed by atoms with Gasteiger partial charge in [0.25, 0.3) is 0 Å². The Bertz CT molecular complexity index is 243. The molecule has 0 aromatic heterocycles. The van der Waals surface area contributed by atoms with E-state index >= 15 is 0 Å². The van der Waals surface area contributed by atoms with Crippen molar-refractivity contribution in [3.8, 4) is 0 Å². The first-order valence-corrected chi connectivity index (χ1v) is 8.63. The second kappa shape index (κ2) is 16.0. The molecule has 0 rings (SSSR count). The average molecular weight is 323 g/mol. The standard InChI is InChI=1S/C14H29NO5S/c1-2-3-5-18-6-7-19-8-9-20-10-12-21-11-4-13(15)14(16)17/h13H,2-12,15H2,1H3,(H,16,17). The fraction of sp³-hybridized carbons (Fsp3) is 0.929. The molecular formula is C14H29NO5S. The Balaban J connectivity index is 3.04. The summed E-state index contributed by atoms with van der Waals surface area (Å²) in [5.74, 6) is 0.636. The molecule has 0 aromatic carbocycles. The van der Waals surface area contributed by atoms with Crippen molar-refractivity contribution in [3.05, 3.63) is 0 Å². The van der Waals surface area contributed by atoms with Gasteiger partial charge in [-0.25, -0.2) is 0 Å². The molecule has 0 radical (unpaired) electrons. The SMILES string of the molecule is CCCCOCCOCCOCCSCCC(N)C(=O)O. The maximum absolute atomic E-state index is 10.5. The lowest BCUT2D eigenvalue weighted by Gasteiger charge is -2.07. The van der Waals surface area contributed by atoms with Crippen molar-refractivity contribution in [1.29, 1.82) is 0 Å². The van der Waals surface area contributed by atoms with Crippen molar-refractivity contribution >= 4 is 17.7 Å². The molecule has 126 valence electrons. The number of thioether (sulfide) groups is 1. The normalized spacial score (nSPS) is 12.5. The number of nitrogens with two attached hydrogens (primary N) is 1. The van der Waals surface area contributed by atoms with E-state index < -0.39 is 12.0 Å². The Kier molecular flexibility index (Phi) is 15.8. The van der Waals surface area contributed by atoms with Crippen LogP contribution in [0.25, 0.3) is 0 Å². The van der Waals surface area contributed by atoms with Gasteiger partial charge in [-0.2, -0.15) is 11.8 Å². The third-order valence-electron chi connectivity index (χ3n) is 2.65. The topological polar surface area (TPSA) is 91.0 Å². The summed E-state index contributed by atoms with van der Waals surface area (Å²) >= 11 is 1.65.